The van der Waals surface area contributed by atoms with E-state index in [9.17, 15) is 14.4 Å². The maximum absolute atomic E-state index is 11.7. The average molecular weight is 313 g/mol. The van der Waals surface area contributed by atoms with Crippen LogP contribution in [0.3, 0.4) is 0 Å². The summed E-state index contributed by atoms with van der Waals surface area (Å²) in [6.07, 6.45) is -0.924. The zero-order chi connectivity index (χ0) is 15.2. The SMILES string of the molecule is O=C(CN1CCOC(C(=O)O)C1)NNC(=O)c1cccs1. The Labute approximate surface area is 124 Å². The fourth-order valence-electron chi connectivity index (χ4n) is 1.83. The number of thiophene rings is 1. The second kappa shape index (κ2) is 7.16. The molecule has 0 spiro atoms. The van der Waals surface area contributed by atoms with Crippen LogP contribution in [-0.2, 0) is 14.3 Å². The monoisotopic (exact) mass is 313 g/mol. The van der Waals surface area contributed by atoms with Crippen LogP contribution in [0.1, 0.15) is 9.67 Å². The van der Waals surface area contributed by atoms with E-state index in [2.05, 4.69) is 10.9 Å². The van der Waals surface area contributed by atoms with E-state index in [4.69, 9.17) is 9.84 Å². The van der Waals surface area contributed by atoms with Crippen LogP contribution in [-0.4, -0.2) is 60.1 Å². The average Bonchev–Trinajstić information content (AvgIpc) is 2.99. The normalized spacial score (nSPS) is 19.0. The lowest BCUT2D eigenvalue weighted by Gasteiger charge is -2.30. The largest absolute Gasteiger partial charge is 0.479 e. The smallest absolute Gasteiger partial charge is 0.334 e. The number of ether oxygens (including phenoxy) is 1. The van der Waals surface area contributed by atoms with Crippen molar-refractivity contribution in [2.45, 2.75) is 6.10 Å². The van der Waals surface area contributed by atoms with Gasteiger partial charge in [0, 0.05) is 13.1 Å². The first-order valence-electron chi connectivity index (χ1n) is 6.25. The number of hydrogen-bond acceptors (Lipinski definition) is 6. The molecule has 1 aromatic rings. The molecule has 0 radical (unpaired) electrons. The van der Waals surface area contributed by atoms with Crippen molar-refractivity contribution in [3.63, 3.8) is 0 Å². The second-order valence-electron chi connectivity index (χ2n) is 4.41. The number of carboxylic acids is 1. The number of aliphatic carboxylic acids is 1. The molecule has 1 aromatic heterocycles. The number of morpholine rings is 1. The van der Waals surface area contributed by atoms with E-state index in [1.54, 1.807) is 22.4 Å². The van der Waals surface area contributed by atoms with Crippen LogP contribution in [0.25, 0.3) is 0 Å². The summed E-state index contributed by atoms with van der Waals surface area (Å²) in [5, 5.41) is 10.6. The predicted octanol–water partition coefficient (Wildman–Crippen LogP) is -0.705. The Bertz CT molecular complexity index is 519. The first kappa shape index (κ1) is 15.4. The number of amides is 2. The van der Waals surface area contributed by atoms with E-state index in [1.165, 1.54) is 11.3 Å². The number of carbonyl (C=O) groups excluding carboxylic acids is 2. The van der Waals surface area contributed by atoms with E-state index in [0.717, 1.165) is 0 Å². The van der Waals surface area contributed by atoms with Gasteiger partial charge in [0.1, 0.15) is 0 Å². The van der Waals surface area contributed by atoms with Crippen molar-refractivity contribution < 1.29 is 24.2 Å². The summed E-state index contributed by atoms with van der Waals surface area (Å²) in [4.78, 5) is 36.3. The van der Waals surface area contributed by atoms with Crippen molar-refractivity contribution in [3.8, 4) is 0 Å². The minimum atomic E-state index is -1.05. The quantitative estimate of drug-likeness (QED) is 0.634. The van der Waals surface area contributed by atoms with Gasteiger partial charge in [-0.15, -0.1) is 11.3 Å². The highest BCUT2D eigenvalue weighted by atomic mass is 32.1. The molecular weight excluding hydrogens is 298 g/mol. The molecule has 21 heavy (non-hydrogen) atoms. The Morgan fingerprint density at radius 3 is 2.90 bits per heavy atom. The topological polar surface area (TPSA) is 108 Å². The number of hydrazine groups is 1. The zero-order valence-electron chi connectivity index (χ0n) is 11.1. The van der Waals surface area contributed by atoms with Crippen LogP contribution >= 0.6 is 11.3 Å². The van der Waals surface area contributed by atoms with Gasteiger partial charge in [-0.3, -0.25) is 25.3 Å². The van der Waals surface area contributed by atoms with E-state index >= 15 is 0 Å². The second-order valence-corrected chi connectivity index (χ2v) is 5.36. The van der Waals surface area contributed by atoms with E-state index in [0.29, 0.717) is 11.4 Å². The number of nitrogens with zero attached hydrogens (tertiary/aromatic N) is 1. The van der Waals surface area contributed by atoms with Gasteiger partial charge in [-0.1, -0.05) is 6.07 Å². The van der Waals surface area contributed by atoms with Gasteiger partial charge < -0.3 is 9.84 Å². The molecule has 0 bridgehead atoms. The van der Waals surface area contributed by atoms with Gasteiger partial charge >= 0.3 is 5.97 Å². The van der Waals surface area contributed by atoms with Crippen LogP contribution < -0.4 is 10.9 Å². The van der Waals surface area contributed by atoms with E-state index in [1.807, 2.05) is 0 Å². The standard InChI is InChI=1S/C12H15N3O5S/c16-10(13-14-11(17)9-2-1-5-21-9)7-15-3-4-20-8(6-15)12(18)19/h1-2,5,8H,3-4,6-7H2,(H,13,16)(H,14,17)(H,18,19). The number of hydrogen-bond donors (Lipinski definition) is 3. The van der Waals surface area contributed by atoms with Gasteiger partial charge in [0.15, 0.2) is 6.10 Å². The van der Waals surface area contributed by atoms with Crippen molar-refractivity contribution in [2.75, 3.05) is 26.2 Å². The van der Waals surface area contributed by atoms with Gasteiger partial charge in [-0.25, -0.2) is 4.79 Å². The third-order valence-electron chi connectivity index (χ3n) is 2.85. The molecule has 2 amide bonds. The van der Waals surface area contributed by atoms with Crippen LogP contribution in [0.4, 0.5) is 0 Å². The Morgan fingerprint density at radius 2 is 2.24 bits per heavy atom. The lowest BCUT2D eigenvalue weighted by Crippen LogP contribution is -2.51. The number of carbonyl (C=O) groups is 3. The molecule has 8 nitrogen and oxygen atoms in total. The molecule has 3 N–H and O–H groups in total. The minimum Gasteiger partial charge on any atom is -0.479 e. The Hall–Kier alpha value is -1.97. The van der Waals surface area contributed by atoms with Crippen molar-refractivity contribution in [1.29, 1.82) is 0 Å². The van der Waals surface area contributed by atoms with Crippen molar-refractivity contribution in [1.82, 2.24) is 15.8 Å². The molecule has 1 unspecified atom stereocenters. The summed E-state index contributed by atoms with van der Waals surface area (Å²) < 4.78 is 5.06. The molecule has 1 fully saturated rings. The molecule has 9 heteroatoms. The number of carboxylic acid groups (broad SMARTS) is 1. The van der Waals surface area contributed by atoms with Crippen LogP contribution in [0.2, 0.25) is 0 Å². The first-order valence-corrected chi connectivity index (χ1v) is 7.13. The number of rotatable bonds is 4. The Kier molecular flexibility index (Phi) is 5.26. The van der Waals surface area contributed by atoms with Crippen LogP contribution in [0.5, 0.6) is 0 Å². The zero-order valence-corrected chi connectivity index (χ0v) is 11.9. The summed E-state index contributed by atoms with van der Waals surface area (Å²) in [5.74, 6) is -1.85. The van der Waals surface area contributed by atoms with Gasteiger partial charge in [0.05, 0.1) is 18.0 Å². The molecule has 1 atom stereocenters. The van der Waals surface area contributed by atoms with E-state index in [-0.39, 0.29) is 25.6 Å². The molecule has 0 aliphatic carbocycles. The molecular formula is C12H15N3O5S. The molecule has 1 aliphatic rings. The molecule has 2 rings (SSSR count). The third kappa shape index (κ3) is 4.52. The van der Waals surface area contributed by atoms with Gasteiger partial charge in [0.25, 0.3) is 11.8 Å². The molecule has 1 saturated heterocycles. The maximum atomic E-state index is 11.7. The highest BCUT2D eigenvalue weighted by Gasteiger charge is 2.27. The molecule has 0 saturated carbocycles. The molecule has 2 heterocycles. The summed E-state index contributed by atoms with van der Waals surface area (Å²) >= 11 is 1.27. The van der Waals surface area contributed by atoms with Gasteiger partial charge in [0.2, 0.25) is 0 Å². The third-order valence-corrected chi connectivity index (χ3v) is 3.72. The summed E-state index contributed by atoms with van der Waals surface area (Å²) in [5.41, 5.74) is 4.61. The minimum absolute atomic E-state index is 0.00212. The molecule has 1 aliphatic heterocycles. The number of nitrogens with one attached hydrogen (secondary N) is 2. The van der Waals surface area contributed by atoms with E-state index < -0.39 is 18.0 Å². The van der Waals surface area contributed by atoms with Crippen LogP contribution in [0.15, 0.2) is 17.5 Å². The fraction of sp³-hybridized carbons (Fsp3) is 0.417. The summed E-state index contributed by atoms with van der Waals surface area (Å²) in [7, 11) is 0. The first-order chi connectivity index (χ1) is 10.1. The lowest BCUT2D eigenvalue weighted by molar-refractivity contribution is -0.156. The fourth-order valence-corrected chi connectivity index (χ4v) is 2.45. The van der Waals surface area contributed by atoms with Crippen molar-refractivity contribution >= 4 is 29.1 Å². The molecule has 114 valence electrons. The molecule has 0 aromatic carbocycles. The Balaban J connectivity index is 1.74. The van der Waals surface area contributed by atoms with Crippen LogP contribution in [0, 0.1) is 0 Å². The highest BCUT2D eigenvalue weighted by Crippen LogP contribution is 2.07. The Morgan fingerprint density at radius 1 is 1.43 bits per heavy atom. The van der Waals surface area contributed by atoms with Crippen molar-refractivity contribution in [2.24, 2.45) is 0 Å². The lowest BCUT2D eigenvalue weighted by atomic mass is 10.2. The summed E-state index contributed by atoms with van der Waals surface area (Å²) in [6, 6.07) is 3.38. The van der Waals surface area contributed by atoms with Gasteiger partial charge in [-0.05, 0) is 11.4 Å². The maximum Gasteiger partial charge on any atom is 0.334 e. The highest BCUT2D eigenvalue weighted by molar-refractivity contribution is 7.12. The van der Waals surface area contributed by atoms with Gasteiger partial charge in [-0.2, -0.15) is 0 Å². The summed E-state index contributed by atoms with van der Waals surface area (Å²) in [6.45, 7) is 0.862. The van der Waals surface area contributed by atoms with Crippen molar-refractivity contribution in [3.05, 3.63) is 22.4 Å². The predicted molar refractivity (Wildman–Crippen MR) is 73.7 cm³/mol.